The van der Waals surface area contributed by atoms with Crippen molar-refractivity contribution in [1.82, 2.24) is 19.9 Å². The van der Waals surface area contributed by atoms with Gasteiger partial charge in [-0.1, -0.05) is 6.92 Å². The molecule has 23 heavy (non-hydrogen) atoms. The summed E-state index contributed by atoms with van der Waals surface area (Å²) < 4.78 is 13.0. The van der Waals surface area contributed by atoms with Gasteiger partial charge in [-0.05, 0) is 49.6 Å². The predicted molar refractivity (Wildman–Crippen MR) is 87.6 cm³/mol. The van der Waals surface area contributed by atoms with Gasteiger partial charge in [-0.25, -0.2) is 4.39 Å². The first-order valence-electron chi connectivity index (χ1n) is 7.84. The molecule has 6 nitrogen and oxygen atoms in total. The summed E-state index contributed by atoms with van der Waals surface area (Å²) in [6.45, 7) is 5.02. The second-order valence-electron chi connectivity index (χ2n) is 6.05. The average Bonchev–Trinajstić information content (AvgIpc) is 2.49. The van der Waals surface area contributed by atoms with E-state index in [4.69, 9.17) is 5.73 Å². The maximum Gasteiger partial charge on any atom is 0.232 e. The van der Waals surface area contributed by atoms with Crippen LogP contribution in [0.15, 0.2) is 24.3 Å². The van der Waals surface area contributed by atoms with Crippen LogP contribution < -0.4 is 11.1 Å². The molecule has 1 saturated heterocycles. The fourth-order valence-corrected chi connectivity index (χ4v) is 2.86. The fraction of sp³-hybridized carbons (Fsp3) is 0.438. The minimum Gasteiger partial charge on any atom is -0.368 e. The molecule has 1 unspecified atom stereocenters. The summed E-state index contributed by atoms with van der Waals surface area (Å²) in [4.78, 5) is 15.1. The lowest BCUT2D eigenvalue weighted by Gasteiger charge is -2.30. The van der Waals surface area contributed by atoms with E-state index in [9.17, 15) is 4.39 Å². The van der Waals surface area contributed by atoms with Crippen molar-refractivity contribution < 1.29 is 4.39 Å². The summed E-state index contributed by atoms with van der Waals surface area (Å²) in [6.07, 6.45) is 2.47. The van der Waals surface area contributed by atoms with Gasteiger partial charge < -0.3 is 11.1 Å². The molecule has 2 aromatic rings. The highest BCUT2D eigenvalue weighted by Crippen LogP contribution is 2.18. The first-order valence-corrected chi connectivity index (χ1v) is 7.84. The van der Waals surface area contributed by atoms with Gasteiger partial charge in [0.05, 0.1) is 6.54 Å². The number of rotatable bonds is 4. The molecule has 0 bridgehead atoms. The zero-order chi connectivity index (χ0) is 16.2. The Kier molecular flexibility index (Phi) is 4.66. The molecule has 0 spiro atoms. The number of anilines is 3. The Labute approximate surface area is 135 Å². The van der Waals surface area contributed by atoms with Crippen molar-refractivity contribution >= 4 is 17.6 Å². The summed E-state index contributed by atoms with van der Waals surface area (Å²) in [5, 5.41) is 3.03. The van der Waals surface area contributed by atoms with Crippen LogP contribution in [0.25, 0.3) is 0 Å². The Morgan fingerprint density at radius 2 is 2.04 bits per heavy atom. The number of hydrogen-bond donors (Lipinski definition) is 2. The molecule has 0 saturated carbocycles. The largest absolute Gasteiger partial charge is 0.368 e. The summed E-state index contributed by atoms with van der Waals surface area (Å²) >= 11 is 0. The van der Waals surface area contributed by atoms with Gasteiger partial charge in [0.25, 0.3) is 0 Å². The summed E-state index contributed by atoms with van der Waals surface area (Å²) in [5.74, 6) is 1.62. The third kappa shape index (κ3) is 4.35. The molecule has 1 fully saturated rings. The van der Waals surface area contributed by atoms with Crippen molar-refractivity contribution in [2.75, 3.05) is 24.1 Å². The molecule has 2 heterocycles. The molecule has 3 N–H and O–H groups in total. The van der Waals surface area contributed by atoms with Gasteiger partial charge in [0.1, 0.15) is 11.6 Å². The number of halogens is 1. The fourth-order valence-electron chi connectivity index (χ4n) is 2.86. The van der Waals surface area contributed by atoms with Crippen LogP contribution in [-0.2, 0) is 6.54 Å². The SMILES string of the molecule is CC1CCCN(Cc2nc(N)nc(Nc3ccc(F)cc3)n2)C1. The quantitative estimate of drug-likeness (QED) is 0.902. The molecule has 3 rings (SSSR count). The van der Waals surface area contributed by atoms with Crippen molar-refractivity contribution in [3.63, 3.8) is 0 Å². The van der Waals surface area contributed by atoms with Crippen LogP contribution in [-0.4, -0.2) is 32.9 Å². The van der Waals surface area contributed by atoms with Gasteiger partial charge in [0.15, 0.2) is 0 Å². The molecule has 1 atom stereocenters. The topological polar surface area (TPSA) is 80.0 Å². The van der Waals surface area contributed by atoms with E-state index in [2.05, 4.69) is 32.1 Å². The van der Waals surface area contributed by atoms with E-state index in [1.54, 1.807) is 12.1 Å². The minimum atomic E-state index is -0.286. The Hall–Kier alpha value is -2.28. The van der Waals surface area contributed by atoms with Crippen LogP contribution in [0.1, 0.15) is 25.6 Å². The second kappa shape index (κ2) is 6.87. The molecule has 1 aliphatic heterocycles. The summed E-state index contributed by atoms with van der Waals surface area (Å²) in [6, 6.07) is 6.01. The molecule has 0 radical (unpaired) electrons. The van der Waals surface area contributed by atoms with Crippen molar-refractivity contribution in [3.8, 4) is 0 Å². The van der Waals surface area contributed by atoms with Gasteiger partial charge in [-0.3, -0.25) is 4.90 Å². The van der Waals surface area contributed by atoms with E-state index in [0.717, 1.165) is 13.1 Å². The molecule has 1 aliphatic rings. The summed E-state index contributed by atoms with van der Waals surface area (Å²) in [5.41, 5.74) is 6.49. The Balaban J connectivity index is 1.72. The molecule has 1 aromatic heterocycles. The van der Waals surface area contributed by atoms with Crippen LogP contribution >= 0.6 is 0 Å². The Bertz CT molecular complexity index is 660. The number of nitrogens with two attached hydrogens (primary N) is 1. The van der Waals surface area contributed by atoms with Crippen molar-refractivity contribution in [3.05, 3.63) is 35.9 Å². The number of hydrogen-bond acceptors (Lipinski definition) is 6. The van der Waals surface area contributed by atoms with Gasteiger partial charge >= 0.3 is 0 Å². The molecule has 0 aliphatic carbocycles. The standard InChI is InChI=1S/C16H21FN6/c1-11-3-2-8-23(9-11)10-14-20-15(18)22-16(21-14)19-13-6-4-12(17)5-7-13/h4-7,11H,2-3,8-10H2,1H3,(H3,18,19,20,21,22). The first-order chi connectivity index (χ1) is 11.1. The molecule has 122 valence electrons. The number of nitrogens with one attached hydrogen (secondary N) is 1. The average molecular weight is 316 g/mol. The maximum absolute atomic E-state index is 13.0. The highest BCUT2D eigenvalue weighted by molar-refractivity contribution is 5.53. The number of nitrogen functional groups attached to an aromatic ring is 1. The van der Waals surface area contributed by atoms with Gasteiger partial charge in [0, 0.05) is 12.2 Å². The van der Waals surface area contributed by atoms with E-state index in [1.807, 2.05) is 0 Å². The zero-order valence-corrected chi connectivity index (χ0v) is 13.2. The monoisotopic (exact) mass is 316 g/mol. The molecule has 0 amide bonds. The highest BCUT2D eigenvalue weighted by atomic mass is 19.1. The lowest BCUT2D eigenvalue weighted by molar-refractivity contribution is 0.173. The number of nitrogens with zero attached hydrogens (tertiary/aromatic N) is 4. The van der Waals surface area contributed by atoms with Crippen molar-refractivity contribution in [2.24, 2.45) is 5.92 Å². The molecular weight excluding hydrogens is 295 g/mol. The Morgan fingerprint density at radius 1 is 1.26 bits per heavy atom. The lowest BCUT2D eigenvalue weighted by Crippen LogP contribution is -2.34. The van der Waals surface area contributed by atoms with Crippen molar-refractivity contribution in [2.45, 2.75) is 26.3 Å². The molecule has 1 aromatic carbocycles. The van der Waals surface area contributed by atoms with Crippen LogP contribution in [0.3, 0.4) is 0 Å². The normalized spacial score (nSPS) is 18.8. The van der Waals surface area contributed by atoms with Gasteiger partial charge in [-0.15, -0.1) is 0 Å². The summed E-state index contributed by atoms with van der Waals surface area (Å²) in [7, 11) is 0. The number of likely N-dealkylation sites (tertiary alicyclic amines) is 1. The first kappa shape index (κ1) is 15.6. The Morgan fingerprint density at radius 3 is 2.78 bits per heavy atom. The van der Waals surface area contributed by atoms with Gasteiger partial charge in [-0.2, -0.15) is 15.0 Å². The van der Waals surface area contributed by atoms with E-state index < -0.39 is 0 Å². The highest BCUT2D eigenvalue weighted by Gasteiger charge is 2.18. The van der Waals surface area contributed by atoms with E-state index in [-0.39, 0.29) is 11.8 Å². The zero-order valence-electron chi connectivity index (χ0n) is 13.2. The van der Waals surface area contributed by atoms with Crippen LogP contribution in [0, 0.1) is 11.7 Å². The third-order valence-corrected chi connectivity index (χ3v) is 3.91. The molecular formula is C16H21FN6. The maximum atomic E-state index is 13.0. The van der Waals surface area contributed by atoms with Gasteiger partial charge in [0.2, 0.25) is 11.9 Å². The van der Waals surface area contributed by atoms with E-state index in [0.29, 0.717) is 29.9 Å². The number of piperidine rings is 1. The van der Waals surface area contributed by atoms with Crippen LogP contribution in [0.5, 0.6) is 0 Å². The number of benzene rings is 1. The second-order valence-corrected chi connectivity index (χ2v) is 6.05. The lowest BCUT2D eigenvalue weighted by atomic mass is 10.0. The smallest absolute Gasteiger partial charge is 0.232 e. The predicted octanol–water partition coefficient (Wildman–Crippen LogP) is 2.57. The van der Waals surface area contributed by atoms with Crippen LogP contribution in [0.2, 0.25) is 0 Å². The van der Waals surface area contributed by atoms with E-state index in [1.165, 1.54) is 25.0 Å². The molecule has 7 heteroatoms. The van der Waals surface area contributed by atoms with E-state index >= 15 is 0 Å². The number of aromatic nitrogens is 3. The van der Waals surface area contributed by atoms with Crippen molar-refractivity contribution in [1.29, 1.82) is 0 Å². The minimum absolute atomic E-state index is 0.185. The van der Waals surface area contributed by atoms with Crippen LogP contribution in [0.4, 0.5) is 22.0 Å². The third-order valence-electron chi connectivity index (χ3n) is 3.91.